The molecule has 6 nitrogen and oxygen atoms in total. The molecule has 2 N–H and O–H groups in total. The first-order chi connectivity index (χ1) is 12.2. The Morgan fingerprint density at radius 1 is 1.32 bits per heavy atom. The molecule has 2 atom stereocenters. The zero-order valence-electron chi connectivity index (χ0n) is 14.9. The van der Waals surface area contributed by atoms with Crippen LogP contribution < -0.4 is 10.1 Å². The molecule has 1 heterocycles. The van der Waals surface area contributed by atoms with Crippen LogP contribution in [0.2, 0.25) is 0 Å². The van der Waals surface area contributed by atoms with Gasteiger partial charge in [0.05, 0.1) is 24.5 Å². The Morgan fingerprint density at radius 2 is 2.08 bits per heavy atom. The highest BCUT2D eigenvalue weighted by molar-refractivity contribution is 5.79. The largest absolute Gasteiger partial charge is 0.497 e. The molecular weight excluding hydrogens is 316 g/mol. The van der Waals surface area contributed by atoms with Gasteiger partial charge < -0.3 is 10.1 Å². The van der Waals surface area contributed by atoms with Crippen molar-refractivity contribution < 1.29 is 9.53 Å². The fourth-order valence-corrected chi connectivity index (χ4v) is 3.36. The van der Waals surface area contributed by atoms with Crippen molar-refractivity contribution in [2.24, 2.45) is 5.92 Å². The average molecular weight is 342 g/mol. The molecule has 0 fully saturated rings. The standard InChI is InChI=1S/C19H26N4O2/c1-3-4-5-16(13-6-9-15(25-2)10-7-13)20-19(24)14-8-11-17-18(12-14)22-23-21-17/h6-7,9-10,14,16H,3-5,8,11-12H2,1-2H3,(H,20,24)(H,21,22,23)/t14-,16-/m0/s1. The summed E-state index contributed by atoms with van der Waals surface area (Å²) >= 11 is 0. The van der Waals surface area contributed by atoms with Crippen molar-refractivity contribution in [3.05, 3.63) is 41.2 Å². The van der Waals surface area contributed by atoms with Crippen molar-refractivity contribution in [2.75, 3.05) is 7.11 Å². The number of hydrogen-bond donors (Lipinski definition) is 2. The highest BCUT2D eigenvalue weighted by Crippen LogP contribution is 2.26. The Bertz CT molecular complexity index is 696. The number of aromatic amines is 1. The molecule has 25 heavy (non-hydrogen) atoms. The number of fused-ring (bicyclic) bond motifs is 1. The quantitative estimate of drug-likeness (QED) is 0.811. The molecule has 1 aliphatic rings. The summed E-state index contributed by atoms with van der Waals surface area (Å²) in [4.78, 5) is 12.8. The molecule has 0 aliphatic heterocycles. The lowest BCUT2D eigenvalue weighted by atomic mass is 9.88. The van der Waals surface area contributed by atoms with Crippen molar-refractivity contribution in [1.82, 2.24) is 20.7 Å². The highest BCUT2D eigenvalue weighted by atomic mass is 16.5. The van der Waals surface area contributed by atoms with E-state index in [0.717, 1.165) is 54.8 Å². The van der Waals surface area contributed by atoms with Crippen LogP contribution in [-0.2, 0) is 17.6 Å². The number of rotatable bonds is 7. The van der Waals surface area contributed by atoms with Crippen LogP contribution in [0.5, 0.6) is 5.75 Å². The van der Waals surface area contributed by atoms with Crippen LogP contribution in [0.1, 0.15) is 55.6 Å². The topological polar surface area (TPSA) is 79.9 Å². The van der Waals surface area contributed by atoms with Gasteiger partial charge in [0.2, 0.25) is 5.91 Å². The molecular formula is C19H26N4O2. The first-order valence-electron chi connectivity index (χ1n) is 9.04. The fraction of sp³-hybridized carbons (Fsp3) is 0.526. The summed E-state index contributed by atoms with van der Waals surface area (Å²) in [6.07, 6.45) is 5.43. The Labute approximate surface area is 148 Å². The number of methoxy groups -OCH3 is 1. The summed E-state index contributed by atoms with van der Waals surface area (Å²) in [5.74, 6) is 0.917. The number of nitrogens with zero attached hydrogens (tertiary/aromatic N) is 2. The lowest BCUT2D eigenvalue weighted by Gasteiger charge is -2.25. The number of unbranched alkanes of at least 4 members (excludes halogenated alkanes) is 1. The molecule has 1 aromatic carbocycles. The third-order valence-corrected chi connectivity index (χ3v) is 4.92. The third-order valence-electron chi connectivity index (χ3n) is 4.92. The lowest BCUT2D eigenvalue weighted by Crippen LogP contribution is -2.36. The minimum Gasteiger partial charge on any atom is -0.497 e. The van der Waals surface area contributed by atoms with Gasteiger partial charge in [0.1, 0.15) is 5.75 Å². The summed E-state index contributed by atoms with van der Waals surface area (Å²) in [5, 5.41) is 14.2. The second kappa shape index (κ2) is 8.14. The molecule has 0 saturated carbocycles. The van der Waals surface area contributed by atoms with Gasteiger partial charge in [-0.2, -0.15) is 15.4 Å². The Morgan fingerprint density at radius 3 is 2.80 bits per heavy atom. The van der Waals surface area contributed by atoms with Gasteiger partial charge in [0, 0.05) is 12.3 Å². The second-order valence-electron chi connectivity index (χ2n) is 6.63. The van der Waals surface area contributed by atoms with Crippen LogP contribution in [0, 0.1) is 5.92 Å². The maximum atomic E-state index is 12.8. The van der Waals surface area contributed by atoms with Crippen LogP contribution in [0.15, 0.2) is 24.3 Å². The van der Waals surface area contributed by atoms with E-state index in [2.05, 4.69) is 27.7 Å². The van der Waals surface area contributed by atoms with Crippen molar-refractivity contribution >= 4 is 5.91 Å². The number of aromatic nitrogens is 3. The summed E-state index contributed by atoms with van der Waals surface area (Å²) in [7, 11) is 1.66. The minimum absolute atomic E-state index is 0.0278. The van der Waals surface area contributed by atoms with Crippen molar-refractivity contribution in [3.8, 4) is 5.75 Å². The lowest BCUT2D eigenvalue weighted by molar-refractivity contribution is -0.126. The number of ether oxygens (including phenoxy) is 1. The fourth-order valence-electron chi connectivity index (χ4n) is 3.36. The van der Waals surface area contributed by atoms with Gasteiger partial charge >= 0.3 is 0 Å². The highest BCUT2D eigenvalue weighted by Gasteiger charge is 2.28. The number of aryl methyl sites for hydroxylation is 1. The molecule has 2 aromatic rings. The molecule has 1 aliphatic carbocycles. The number of H-pyrrole nitrogens is 1. The molecule has 134 valence electrons. The smallest absolute Gasteiger partial charge is 0.223 e. The van der Waals surface area contributed by atoms with Gasteiger partial charge in [-0.25, -0.2) is 0 Å². The Kier molecular flexibility index (Phi) is 5.68. The number of carbonyl (C=O) groups is 1. The van der Waals surface area contributed by atoms with E-state index >= 15 is 0 Å². The number of amides is 1. The first-order valence-corrected chi connectivity index (χ1v) is 9.04. The molecule has 0 spiro atoms. The zero-order chi connectivity index (χ0) is 17.6. The number of nitrogens with one attached hydrogen (secondary N) is 2. The van der Waals surface area contributed by atoms with Crippen LogP contribution in [0.25, 0.3) is 0 Å². The van der Waals surface area contributed by atoms with Crippen molar-refractivity contribution in [3.63, 3.8) is 0 Å². The van der Waals surface area contributed by atoms with Gasteiger partial charge in [0.15, 0.2) is 0 Å². The van der Waals surface area contributed by atoms with E-state index in [4.69, 9.17) is 4.74 Å². The second-order valence-corrected chi connectivity index (χ2v) is 6.63. The molecule has 6 heteroatoms. The number of hydrogen-bond acceptors (Lipinski definition) is 4. The van der Waals surface area contributed by atoms with E-state index in [-0.39, 0.29) is 17.9 Å². The molecule has 0 bridgehead atoms. The zero-order valence-corrected chi connectivity index (χ0v) is 14.9. The van der Waals surface area contributed by atoms with Gasteiger partial charge in [-0.15, -0.1) is 0 Å². The molecule has 1 amide bonds. The van der Waals surface area contributed by atoms with E-state index in [1.54, 1.807) is 7.11 Å². The molecule has 0 saturated heterocycles. The molecule has 3 rings (SSSR count). The normalized spacial score (nSPS) is 17.6. The molecule has 0 unspecified atom stereocenters. The predicted molar refractivity (Wildman–Crippen MR) is 95.3 cm³/mol. The van der Waals surface area contributed by atoms with Gasteiger partial charge in [-0.1, -0.05) is 31.9 Å². The maximum absolute atomic E-state index is 12.8. The summed E-state index contributed by atoms with van der Waals surface area (Å²) < 4.78 is 5.23. The Hall–Kier alpha value is -2.37. The summed E-state index contributed by atoms with van der Waals surface area (Å²) in [6.45, 7) is 2.17. The number of carbonyl (C=O) groups excluding carboxylic acids is 1. The molecule has 1 aromatic heterocycles. The minimum atomic E-state index is -0.0278. The van der Waals surface area contributed by atoms with Crippen molar-refractivity contribution in [2.45, 2.75) is 51.5 Å². The summed E-state index contributed by atoms with van der Waals surface area (Å²) in [6, 6.07) is 8.01. The summed E-state index contributed by atoms with van der Waals surface area (Å²) in [5.41, 5.74) is 3.06. The van der Waals surface area contributed by atoms with Crippen LogP contribution >= 0.6 is 0 Å². The number of benzene rings is 1. The Balaban J connectivity index is 1.68. The van der Waals surface area contributed by atoms with E-state index < -0.39 is 0 Å². The van der Waals surface area contributed by atoms with Crippen LogP contribution in [-0.4, -0.2) is 28.4 Å². The van der Waals surface area contributed by atoms with E-state index in [1.165, 1.54) is 0 Å². The van der Waals surface area contributed by atoms with Gasteiger partial charge in [-0.05, 0) is 37.0 Å². The maximum Gasteiger partial charge on any atom is 0.223 e. The monoisotopic (exact) mass is 342 g/mol. The molecule has 0 radical (unpaired) electrons. The SMILES string of the molecule is CCCC[C@H](NC(=O)[C@H]1CCc2n[nH]nc2C1)c1ccc(OC)cc1. The van der Waals surface area contributed by atoms with Gasteiger partial charge in [-0.3, -0.25) is 4.79 Å². The first kappa shape index (κ1) is 17.5. The van der Waals surface area contributed by atoms with Gasteiger partial charge in [0.25, 0.3) is 0 Å². The van der Waals surface area contributed by atoms with E-state index in [9.17, 15) is 4.79 Å². The van der Waals surface area contributed by atoms with Crippen molar-refractivity contribution in [1.29, 1.82) is 0 Å². The van der Waals surface area contributed by atoms with E-state index in [0.29, 0.717) is 6.42 Å². The average Bonchev–Trinajstić information content (AvgIpc) is 3.12. The predicted octanol–water partition coefficient (Wildman–Crippen LogP) is 2.97. The third kappa shape index (κ3) is 4.18. The van der Waals surface area contributed by atoms with E-state index in [1.807, 2.05) is 24.3 Å². The van der Waals surface area contributed by atoms with Crippen LogP contribution in [0.4, 0.5) is 0 Å². The van der Waals surface area contributed by atoms with Crippen LogP contribution in [0.3, 0.4) is 0 Å².